The Hall–Kier alpha value is -1.85. The molecule has 0 atom stereocenters. The van der Waals surface area contributed by atoms with Crippen LogP contribution >= 0.6 is 23.2 Å². The van der Waals surface area contributed by atoms with E-state index in [1.54, 1.807) is 0 Å². The lowest BCUT2D eigenvalue weighted by molar-refractivity contribution is -0.676. The highest BCUT2D eigenvalue weighted by Gasteiger charge is 2.25. The van der Waals surface area contributed by atoms with E-state index in [0.29, 0.717) is 5.02 Å². The molecule has 0 saturated carbocycles. The predicted molar refractivity (Wildman–Crippen MR) is 106 cm³/mol. The number of nitrogens with zero attached hydrogens (tertiary/aromatic N) is 4. The van der Waals surface area contributed by atoms with Crippen molar-refractivity contribution < 1.29 is 33.3 Å². The number of hydrogen-bond donors (Lipinski definition) is 3. The summed E-state index contributed by atoms with van der Waals surface area (Å²) in [5, 5.41) is 3.43. The smallest absolute Gasteiger partial charge is 0.277 e. The van der Waals surface area contributed by atoms with E-state index in [2.05, 4.69) is 24.4 Å². The van der Waals surface area contributed by atoms with Crippen molar-refractivity contribution in [3.8, 4) is 0 Å². The van der Waals surface area contributed by atoms with E-state index >= 15 is 0 Å². The molecule has 0 bridgehead atoms. The first-order valence-corrected chi connectivity index (χ1v) is 9.20. The zero-order valence-electron chi connectivity index (χ0n) is 15.3. The number of halogens is 3. The maximum Gasteiger partial charge on any atom is 0.277 e. The molecule has 0 saturated heterocycles. The summed E-state index contributed by atoms with van der Waals surface area (Å²) in [7, 11) is 0. The molecule has 1 aromatic carbocycles. The molecular formula is C17H20Cl2IN7O. The van der Waals surface area contributed by atoms with Gasteiger partial charge in [0, 0.05) is 11.1 Å². The topological polar surface area (TPSA) is 116 Å². The molecule has 0 aliphatic rings. The zero-order chi connectivity index (χ0) is 19.7. The van der Waals surface area contributed by atoms with Crippen molar-refractivity contribution in [1.29, 1.82) is 0 Å². The fraction of sp³-hybridized carbons (Fsp3) is 0.294. The van der Waals surface area contributed by atoms with Crippen LogP contribution in [0.3, 0.4) is 0 Å². The van der Waals surface area contributed by atoms with Gasteiger partial charge in [-0.1, -0.05) is 23.2 Å². The van der Waals surface area contributed by atoms with Crippen molar-refractivity contribution >= 4 is 51.8 Å². The molecule has 3 aromatic rings. The van der Waals surface area contributed by atoms with E-state index in [0.717, 1.165) is 29.9 Å². The van der Waals surface area contributed by atoms with Crippen LogP contribution in [-0.4, -0.2) is 20.4 Å². The monoisotopic (exact) mass is 535 g/mol. The van der Waals surface area contributed by atoms with Crippen molar-refractivity contribution in [3.05, 3.63) is 39.9 Å². The number of aryl methyl sites for hydroxylation is 2. The summed E-state index contributed by atoms with van der Waals surface area (Å²) in [6.07, 6.45) is 0. The second-order valence-electron chi connectivity index (χ2n) is 5.85. The van der Waals surface area contributed by atoms with Gasteiger partial charge in [0.25, 0.3) is 11.7 Å². The van der Waals surface area contributed by atoms with Gasteiger partial charge in [-0.15, -0.1) is 0 Å². The lowest BCUT2D eigenvalue weighted by Gasteiger charge is -2.08. The fourth-order valence-corrected chi connectivity index (χ4v) is 3.41. The van der Waals surface area contributed by atoms with Crippen molar-refractivity contribution in [2.24, 2.45) is 0 Å². The third kappa shape index (κ3) is 4.11. The molecule has 28 heavy (non-hydrogen) atoms. The maximum absolute atomic E-state index is 12.5. The first kappa shape index (κ1) is 22.4. The summed E-state index contributed by atoms with van der Waals surface area (Å²) in [6, 6.07) is 5.74. The van der Waals surface area contributed by atoms with Crippen molar-refractivity contribution in [2.75, 3.05) is 11.5 Å². The van der Waals surface area contributed by atoms with Gasteiger partial charge < -0.3 is 40.8 Å². The molecule has 0 aliphatic carbocycles. The molecule has 0 radical (unpaired) electrons. The number of anilines is 2. The minimum atomic E-state index is -0.476. The van der Waals surface area contributed by atoms with Gasteiger partial charge in [-0.05, 0) is 26.0 Å². The van der Waals surface area contributed by atoms with E-state index in [-0.39, 0.29) is 53.0 Å². The van der Waals surface area contributed by atoms with Gasteiger partial charge in [0.05, 0.1) is 13.1 Å². The summed E-state index contributed by atoms with van der Waals surface area (Å²) < 4.78 is 4.23. The molecular weight excluding hydrogens is 516 g/mol. The van der Waals surface area contributed by atoms with Gasteiger partial charge in [0.15, 0.2) is 33.5 Å². The van der Waals surface area contributed by atoms with Crippen LogP contribution in [0.1, 0.15) is 30.2 Å². The maximum atomic E-state index is 12.5. The lowest BCUT2D eigenvalue weighted by atomic mass is 10.3. The molecule has 0 unspecified atom stereocenters. The first-order valence-electron chi connectivity index (χ1n) is 8.44. The van der Waals surface area contributed by atoms with Crippen LogP contribution in [-0.2, 0) is 19.6 Å². The molecule has 3 rings (SSSR count). The number of amides is 1. The van der Waals surface area contributed by atoms with Crippen LogP contribution < -0.4 is 45.3 Å². The minimum absolute atomic E-state index is 0. The van der Waals surface area contributed by atoms with Gasteiger partial charge in [0.1, 0.15) is 6.54 Å². The van der Waals surface area contributed by atoms with Crippen LogP contribution in [0.2, 0.25) is 10.2 Å². The Morgan fingerprint density at radius 3 is 2.57 bits per heavy atom. The molecule has 5 N–H and O–H groups in total. The number of hydrogen-bond acceptors (Lipinski definition) is 5. The molecule has 0 spiro atoms. The number of fused-ring (bicyclic) bond motifs is 1. The number of nitrogen functional groups attached to an aromatic ring is 2. The van der Waals surface area contributed by atoms with Gasteiger partial charge >= 0.3 is 0 Å². The average molecular weight is 536 g/mol. The third-order valence-electron chi connectivity index (χ3n) is 4.30. The van der Waals surface area contributed by atoms with Crippen LogP contribution in [0, 0.1) is 0 Å². The van der Waals surface area contributed by atoms with Crippen molar-refractivity contribution in [3.63, 3.8) is 0 Å². The molecule has 2 heterocycles. The van der Waals surface area contributed by atoms with Crippen LogP contribution in [0.15, 0.2) is 18.2 Å². The summed E-state index contributed by atoms with van der Waals surface area (Å²) in [5.74, 6) is 0.368. The van der Waals surface area contributed by atoms with E-state index in [9.17, 15) is 4.79 Å². The number of carbonyl (C=O) groups excluding carboxylic acids is 1. The van der Waals surface area contributed by atoms with Gasteiger partial charge in [0.2, 0.25) is 0 Å². The lowest BCUT2D eigenvalue weighted by Crippen LogP contribution is -3.00. The number of nitrogens with one attached hydrogen (secondary N) is 1. The summed E-state index contributed by atoms with van der Waals surface area (Å²) >= 11 is 12.0. The molecule has 1 amide bonds. The Kier molecular flexibility index (Phi) is 7.29. The Morgan fingerprint density at radius 1 is 1.21 bits per heavy atom. The second kappa shape index (κ2) is 9.10. The highest BCUT2D eigenvalue weighted by molar-refractivity contribution is 6.32. The first-order chi connectivity index (χ1) is 12.9. The highest BCUT2D eigenvalue weighted by atomic mass is 127. The number of carbonyl (C=O) groups is 1. The van der Waals surface area contributed by atoms with Gasteiger partial charge in [-0.3, -0.25) is 4.79 Å². The summed E-state index contributed by atoms with van der Waals surface area (Å²) in [4.78, 5) is 20.3. The number of aromatic nitrogens is 4. The normalized spacial score (nSPS) is 10.7. The van der Waals surface area contributed by atoms with E-state index in [4.69, 9.17) is 34.7 Å². The Morgan fingerprint density at radius 2 is 1.93 bits per heavy atom. The molecule has 11 heteroatoms. The molecule has 0 fully saturated rings. The molecule has 0 aliphatic heterocycles. The molecule has 150 valence electrons. The second-order valence-corrected chi connectivity index (χ2v) is 6.65. The van der Waals surface area contributed by atoms with Crippen LogP contribution in [0.4, 0.5) is 11.6 Å². The minimum Gasteiger partial charge on any atom is -1.00 e. The fourth-order valence-electron chi connectivity index (χ4n) is 3.11. The number of benzene rings is 1. The van der Waals surface area contributed by atoms with Crippen molar-refractivity contribution in [1.82, 2.24) is 19.9 Å². The molecule has 2 aromatic heterocycles. The SMILES string of the molecule is CCn1c(CNC(=O)c2nc(Cl)c(N)nc2N)[n+](CC)c2ccc(Cl)cc21.[I-]. The zero-order valence-corrected chi connectivity index (χ0v) is 19.0. The van der Waals surface area contributed by atoms with Gasteiger partial charge in [-0.25, -0.2) is 19.1 Å². The Balaban J connectivity index is 0.00000280. The largest absolute Gasteiger partial charge is 1.00 e. The highest BCUT2D eigenvalue weighted by Crippen LogP contribution is 2.20. The standard InChI is InChI=1S/C17H19Cl2N7O.HI/c1-3-25-10-6-5-9(18)7-11(10)26(4-2)12(25)8-22-17(27)13-15(20)24-16(21)14(19)23-13;/h5-7H,3-4,8H2,1-2H3,(H4-,20,21,22,24,27);1H. The summed E-state index contributed by atoms with van der Waals surface area (Å²) in [5.41, 5.74) is 13.3. The Labute approximate surface area is 189 Å². The van der Waals surface area contributed by atoms with Crippen LogP contribution in [0.25, 0.3) is 11.0 Å². The average Bonchev–Trinajstić information content (AvgIpc) is 2.94. The third-order valence-corrected chi connectivity index (χ3v) is 4.81. The predicted octanol–water partition coefficient (Wildman–Crippen LogP) is -0.836. The molecule has 8 nitrogen and oxygen atoms in total. The summed E-state index contributed by atoms with van der Waals surface area (Å²) in [6.45, 7) is 5.82. The van der Waals surface area contributed by atoms with E-state index in [1.807, 2.05) is 32.0 Å². The van der Waals surface area contributed by atoms with E-state index < -0.39 is 5.91 Å². The van der Waals surface area contributed by atoms with E-state index in [1.165, 1.54) is 0 Å². The van der Waals surface area contributed by atoms with Crippen molar-refractivity contribution in [2.45, 2.75) is 33.5 Å². The quantitative estimate of drug-likeness (QED) is 0.291. The Bertz CT molecular complexity index is 1040. The van der Waals surface area contributed by atoms with Crippen LogP contribution in [0.5, 0.6) is 0 Å². The van der Waals surface area contributed by atoms with Gasteiger partial charge in [-0.2, -0.15) is 0 Å². The number of nitrogens with two attached hydrogens (primary N) is 2. The number of rotatable bonds is 5. The number of imidazole rings is 1.